The Hall–Kier alpha value is -1.06. The average molecular weight is 441 g/mol. The third kappa shape index (κ3) is 17.2. The van der Waals surface area contributed by atoms with E-state index in [2.05, 4.69) is 27.7 Å². The Morgan fingerprint density at radius 3 is 1.26 bits per heavy atom. The average Bonchev–Trinajstić information content (AvgIpc) is 2.68. The molecule has 0 atom stereocenters. The van der Waals surface area contributed by atoms with E-state index in [1.165, 1.54) is 51.4 Å². The highest BCUT2D eigenvalue weighted by molar-refractivity contribution is 5.76. The lowest BCUT2D eigenvalue weighted by Crippen LogP contribution is -2.32. The molecule has 0 aliphatic rings. The van der Waals surface area contributed by atoms with Crippen LogP contribution < -0.4 is 0 Å². The van der Waals surface area contributed by atoms with Crippen molar-refractivity contribution in [1.29, 1.82) is 0 Å². The minimum absolute atomic E-state index is 0.0449. The number of carbonyl (C=O) groups is 2. The molecule has 0 amide bonds. The molecule has 0 bridgehead atoms. The van der Waals surface area contributed by atoms with E-state index >= 15 is 0 Å². The third-order valence-electron chi connectivity index (χ3n) is 6.64. The van der Waals surface area contributed by atoms with Crippen molar-refractivity contribution in [3.63, 3.8) is 0 Å². The lowest BCUT2D eigenvalue weighted by atomic mass is 9.74. The van der Waals surface area contributed by atoms with Gasteiger partial charge in [0.15, 0.2) is 0 Å². The molecule has 0 aliphatic carbocycles. The molecule has 0 unspecified atom stereocenters. The van der Waals surface area contributed by atoms with Crippen LogP contribution in [0.5, 0.6) is 0 Å². The van der Waals surface area contributed by atoms with Crippen molar-refractivity contribution in [1.82, 2.24) is 0 Å². The van der Waals surface area contributed by atoms with Gasteiger partial charge in [-0.15, -0.1) is 0 Å². The molecule has 0 saturated carbocycles. The topological polar surface area (TPSA) is 74.6 Å². The van der Waals surface area contributed by atoms with E-state index in [-0.39, 0.29) is 12.8 Å². The molecule has 0 aromatic rings. The molecule has 31 heavy (non-hydrogen) atoms. The SMILES string of the molecule is CC(C)CCCCCCCCC(CCCCCCCCC(C)C)(CCC(=O)O)C(=O)O. The summed E-state index contributed by atoms with van der Waals surface area (Å²) in [4.78, 5) is 23.3. The predicted molar refractivity (Wildman–Crippen MR) is 130 cm³/mol. The standard InChI is InChI=1S/C27H52O4/c1-23(2)17-13-9-5-7-11-15-20-27(26(30)31,22-19-25(28)29)21-16-12-8-6-10-14-18-24(3)4/h23-24H,5-22H2,1-4H3,(H,28,29)(H,30,31). The summed E-state index contributed by atoms with van der Waals surface area (Å²) in [6.07, 6.45) is 17.8. The smallest absolute Gasteiger partial charge is 0.309 e. The molecule has 4 nitrogen and oxygen atoms in total. The summed E-state index contributed by atoms with van der Waals surface area (Å²) in [5.41, 5.74) is -0.853. The van der Waals surface area contributed by atoms with Crippen LogP contribution in [0.25, 0.3) is 0 Å². The van der Waals surface area contributed by atoms with Crippen molar-refractivity contribution >= 4 is 11.9 Å². The van der Waals surface area contributed by atoms with Gasteiger partial charge in [0.05, 0.1) is 5.41 Å². The van der Waals surface area contributed by atoms with Gasteiger partial charge in [-0.2, -0.15) is 0 Å². The Kier molecular flexibility index (Phi) is 17.9. The molecule has 0 spiro atoms. The van der Waals surface area contributed by atoms with Crippen LogP contribution in [-0.2, 0) is 9.59 Å². The van der Waals surface area contributed by atoms with E-state index in [1.807, 2.05) is 0 Å². The molecule has 0 saturated heterocycles. The molecule has 0 heterocycles. The van der Waals surface area contributed by atoms with Crippen LogP contribution >= 0.6 is 0 Å². The molecule has 0 rings (SSSR count). The first-order chi connectivity index (χ1) is 14.7. The van der Waals surface area contributed by atoms with Crippen LogP contribution in [0.15, 0.2) is 0 Å². The number of hydrogen-bond acceptors (Lipinski definition) is 2. The van der Waals surface area contributed by atoms with E-state index < -0.39 is 17.4 Å². The molecule has 0 aromatic carbocycles. The fraction of sp³-hybridized carbons (Fsp3) is 0.926. The molecular weight excluding hydrogens is 388 g/mol. The number of aliphatic carboxylic acids is 2. The summed E-state index contributed by atoms with van der Waals surface area (Å²) in [7, 11) is 0. The highest BCUT2D eigenvalue weighted by Gasteiger charge is 2.37. The second-order valence-electron chi connectivity index (χ2n) is 10.6. The highest BCUT2D eigenvalue weighted by Crippen LogP contribution is 2.37. The predicted octanol–water partition coefficient (Wildman–Crippen LogP) is 8.48. The largest absolute Gasteiger partial charge is 0.481 e. The Bertz CT molecular complexity index is 432. The first-order valence-electron chi connectivity index (χ1n) is 13.1. The third-order valence-corrected chi connectivity index (χ3v) is 6.64. The number of carboxylic acids is 2. The summed E-state index contributed by atoms with van der Waals surface area (Å²) in [5, 5.41) is 19.1. The van der Waals surface area contributed by atoms with Gasteiger partial charge in [0.2, 0.25) is 0 Å². The van der Waals surface area contributed by atoms with Crippen LogP contribution in [-0.4, -0.2) is 22.2 Å². The van der Waals surface area contributed by atoms with E-state index in [4.69, 9.17) is 5.11 Å². The Morgan fingerprint density at radius 2 is 0.935 bits per heavy atom. The molecule has 0 radical (unpaired) electrons. The Balaban J connectivity index is 4.33. The van der Waals surface area contributed by atoms with Gasteiger partial charge < -0.3 is 10.2 Å². The van der Waals surface area contributed by atoms with Crippen LogP contribution in [0.3, 0.4) is 0 Å². The molecule has 0 aromatic heterocycles. The Morgan fingerprint density at radius 1 is 0.581 bits per heavy atom. The molecule has 0 fully saturated rings. The molecule has 184 valence electrons. The van der Waals surface area contributed by atoms with E-state index in [9.17, 15) is 14.7 Å². The number of hydrogen-bond donors (Lipinski definition) is 2. The first-order valence-corrected chi connectivity index (χ1v) is 13.1. The van der Waals surface area contributed by atoms with Crippen LogP contribution in [0, 0.1) is 17.3 Å². The minimum Gasteiger partial charge on any atom is -0.481 e. The quantitative estimate of drug-likeness (QED) is 0.165. The zero-order valence-corrected chi connectivity index (χ0v) is 21.1. The summed E-state index contributed by atoms with van der Waals surface area (Å²) in [5.74, 6) is -0.139. The van der Waals surface area contributed by atoms with Gasteiger partial charge in [0, 0.05) is 6.42 Å². The highest BCUT2D eigenvalue weighted by atomic mass is 16.4. The second-order valence-corrected chi connectivity index (χ2v) is 10.6. The maximum atomic E-state index is 12.2. The first kappa shape index (κ1) is 29.9. The summed E-state index contributed by atoms with van der Waals surface area (Å²) in [6, 6.07) is 0. The summed E-state index contributed by atoms with van der Waals surface area (Å²) < 4.78 is 0. The number of unbranched alkanes of at least 4 members (excludes halogenated alkanes) is 10. The van der Waals surface area contributed by atoms with Crippen molar-refractivity contribution in [3.05, 3.63) is 0 Å². The zero-order valence-electron chi connectivity index (χ0n) is 21.1. The van der Waals surface area contributed by atoms with Gasteiger partial charge >= 0.3 is 11.9 Å². The van der Waals surface area contributed by atoms with Gasteiger partial charge in [-0.1, -0.05) is 118 Å². The second kappa shape index (κ2) is 18.5. The molecule has 2 N–H and O–H groups in total. The van der Waals surface area contributed by atoms with Gasteiger partial charge in [-0.05, 0) is 31.1 Å². The number of rotatable bonds is 22. The van der Waals surface area contributed by atoms with Gasteiger partial charge in [-0.3, -0.25) is 9.59 Å². The van der Waals surface area contributed by atoms with Gasteiger partial charge in [-0.25, -0.2) is 0 Å². The molecule has 0 aliphatic heterocycles. The van der Waals surface area contributed by atoms with Crippen molar-refractivity contribution in [2.75, 3.05) is 0 Å². The zero-order chi connectivity index (χ0) is 23.5. The minimum atomic E-state index is -0.888. The van der Waals surface area contributed by atoms with Crippen LogP contribution in [0.2, 0.25) is 0 Å². The summed E-state index contributed by atoms with van der Waals surface area (Å²) >= 11 is 0. The summed E-state index contributed by atoms with van der Waals surface area (Å²) in [6.45, 7) is 9.04. The fourth-order valence-corrected chi connectivity index (χ4v) is 4.49. The monoisotopic (exact) mass is 440 g/mol. The van der Waals surface area contributed by atoms with E-state index in [0.29, 0.717) is 12.8 Å². The Labute approximate surface area is 192 Å². The van der Waals surface area contributed by atoms with Crippen molar-refractivity contribution < 1.29 is 19.8 Å². The molecule has 4 heteroatoms. The number of carboxylic acid groups (broad SMARTS) is 2. The van der Waals surface area contributed by atoms with E-state index in [0.717, 1.165) is 50.4 Å². The normalized spacial score (nSPS) is 12.1. The molecular formula is C27H52O4. The van der Waals surface area contributed by atoms with E-state index in [1.54, 1.807) is 0 Å². The van der Waals surface area contributed by atoms with Crippen LogP contribution in [0.4, 0.5) is 0 Å². The lowest BCUT2D eigenvalue weighted by Gasteiger charge is -2.29. The van der Waals surface area contributed by atoms with Gasteiger partial charge in [0.1, 0.15) is 0 Å². The lowest BCUT2D eigenvalue weighted by molar-refractivity contribution is -0.151. The maximum absolute atomic E-state index is 12.2. The fourth-order valence-electron chi connectivity index (χ4n) is 4.49. The maximum Gasteiger partial charge on any atom is 0.309 e. The van der Waals surface area contributed by atoms with Crippen molar-refractivity contribution in [2.45, 2.75) is 143 Å². The van der Waals surface area contributed by atoms with Crippen molar-refractivity contribution in [2.24, 2.45) is 17.3 Å². The van der Waals surface area contributed by atoms with Gasteiger partial charge in [0.25, 0.3) is 0 Å². The van der Waals surface area contributed by atoms with Crippen molar-refractivity contribution in [3.8, 4) is 0 Å². The van der Waals surface area contributed by atoms with Crippen LogP contribution in [0.1, 0.15) is 143 Å².